The first-order valence-corrected chi connectivity index (χ1v) is 7.87. The van der Waals surface area contributed by atoms with Crippen LogP contribution in [-0.2, 0) is 0 Å². The van der Waals surface area contributed by atoms with Crippen LogP contribution in [0.25, 0.3) is 0 Å². The lowest BCUT2D eigenvalue weighted by molar-refractivity contribution is 0.0958. The molecule has 0 saturated heterocycles. The zero-order valence-corrected chi connectivity index (χ0v) is 13.4. The molecule has 0 saturated carbocycles. The van der Waals surface area contributed by atoms with E-state index in [0.717, 1.165) is 11.1 Å². The fourth-order valence-corrected chi connectivity index (χ4v) is 2.48. The number of nitrogens with zero attached hydrogens (tertiary/aromatic N) is 1. The molecule has 0 aliphatic carbocycles. The Morgan fingerprint density at radius 3 is 1.84 bits per heavy atom. The van der Waals surface area contributed by atoms with Crippen molar-refractivity contribution < 1.29 is 9.59 Å². The maximum absolute atomic E-state index is 12.3. The molecule has 0 aliphatic heterocycles. The van der Waals surface area contributed by atoms with E-state index in [1.165, 1.54) is 6.20 Å². The topological polar surface area (TPSA) is 71.1 Å². The molecule has 25 heavy (non-hydrogen) atoms. The van der Waals surface area contributed by atoms with Crippen LogP contribution in [0, 0.1) is 0 Å². The highest BCUT2D eigenvalue weighted by atomic mass is 16.2. The van der Waals surface area contributed by atoms with Crippen LogP contribution in [-0.4, -0.2) is 16.9 Å². The third-order valence-corrected chi connectivity index (χ3v) is 3.67. The van der Waals surface area contributed by atoms with E-state index in [0.29, 0.717) is 0 Å². The highest BCUT2D eigenvalue weighted by Crippen LogP contribution is 2.21. The van der Waals surface area contributed by atoms with Gasteiger partial charge in [-0.1, -0.05) is 66.7 Å². The number of amides is 3. The molecule has 0 fully saturated rings. The molecule has 0 bridgehead atoms. The van der Waals surface area contributed by atoms with E-state index in [2.05, 4.69) is 15.6 Å². The minimum absolute atomic E-state index is 0.189. The van der Waals surface area contributed by atoms with Gasteiger partial charge in [0.15, 0.2) is 0 Å². The number of aromatic nitrogens is 1. The molecular formula is C20H17N3O2. The van der Waals surface area contributed by atoms with Crippen molar-refractivity contribution in [1.29, 1.82) is 0 Å². The summed E-state index contributed by atoms with van der Waals surface area (Å²) >= 11 is 0. The minimum atomic E-state index is -0.576. The molecule has 0 radical (unpaired) electrons. The molecule has 3 amide bonds. The lowest BCUT2D eigenvalue weighted by atomic mass is 9.99. The Morgan fingerprint density at radius 1 is 0.760 bits per heavy atom. The van der Waals surface area contributed by atoms with Crippen LogP contribution in [0.2, 0.25) is 0 Å². The highest BCUT2D eigenvalue weighted by molar-refractivity contribution is 6.03. The summed E-state index contributed by atoms with van der Waals surface area (Å²) in [4.78, 5) is 28.3. The van der Waals surface area contributed by atoms with Gasteiger partial charge in [0.1, 0.15) is 5.69 Å². The zero-order valence-electron chi connectivity index (χ0n) is 13.4. The van der Waals surface area contributed by atoms with Crippen molar-refractivity contribution >= 4 is 11.9 Å². The predicted octanol–water partition coefficient (Wildman–Crippen LogP) is 3.31. The number of rotatable bonds is 4. The van der Waals surface area contributed by atoms with E-state index in [1.807, 2.05) is 60.7 Å². The maximum Gasteiger partial charge on any atom is 0.322 e. The molecule has 0 atom stereocenters. The summed E-state index contributed by atoms with van der Waals surface area (Å²) in [6.45, 7) is 0. The number of hydrogen-bond donors (Lipinski definition) is 2. The van der Waals surface area contributed by atoms with Gasteiger partial charge in [-0.05, 0) is 23.3 Å². The molecule has 5 heteroatoms. The average molecular weight is 331 g/mol. The number of urea groups is 1. The summed E-state index contributed by atoms with van der Waals surface area (Å²) in [6.07, 6.45) is 1.50. The van der Waals surface area contributed by atoms with Crippen LogP contribution >= 0.6 is 0 Å². The average Bonchev–Trinajstić information content (AvgIpc) is 2.68. The third-order valence-electron chi connectivity index (χ3n) is 3.67. The SMILES string of the molecule is O=C(NC(=O)c1ccccn1)NC(c1ccccc1)c1ccccc1. The van der Waals surface area contributed by atoms with Crippen molar-refractivity contribution in [2.75, 3.05) is 0 Å². The number of hydrogen-bond acceptors (Lipinski definition) is 3. The summed E-state index contributed by atoms with van der Waals surface area (Å²) in [5.74, 6) is -0.544. The van der Waals surface area contributed by atoms with E-state index >= 15 is 0 Å². The van der Waals surface area contributed by atoms with Crippen LogP contribution in [0.5, 0.6) is 0 Å². The maximum atomic E-state index is 12.3. The van der Waals surface area contributed by atoms with Crippen LogP contribution in [0.15, 0.2) is 85.1 Å². The van der Waals surface area contributed by atoms with Gasteiger partial charge in [0.2, 0.25) is 0 Å². The van der Waals surface area contributed by atoms with Crippen molar-refractivity contribution in [3.05, 3.63) is 102 Å². The summed E-state index contributed by atoms with van der Waals surface area (Å²) in [7, 11) is 0. The summed E-state index contributed by atoms with van der Waals surface area (Å²) in [6, 6.07) is 23.2. The lowest BCUT2D eigenvalue weighted by Gasteiger charge is -2.19. The number of benzene rings is 2. The first-order chi connectivity index (χ1) is 12.2. The van der Waals surface area contributed by atoms with Crippen molar-refractivity contribution in [1.82, 2.24) is 15.6 Å². The second-order valence-corrected chi connectivity index (χ2v) is 5.40. The van der Waals surface area contributed by atoms with Gasteiger partial charge in [0, 0.05) is 6.20 Å². The van der Waals surface area contributed by atoms with Crippen molar-refractivity contribution in [3.63, 3.8) is 0 Å². The number of pyridine rings is 1. The van der Waals surface area contributed by atoms with E-state index in [9.17, 15) is 9.59 Å². The van der Waals surface area contributed by atoms with Gasteiger partial charge in [-0.2, -0.15) is 0 Å². The van der Waals surface area contributed by atoms with E-state index in [4.69, 9.17) is 0 Å². The molecule has 1 aromatic heterocycles. The monoisotopic (exact) mass is 331 g/mol. The molecule has 124 valence electrons. The predicted molar refractivity (Wildman–Crippen MR) is 95.0 cm³/mol. The quantitative estimate of drug-likeness (QED) is 0.770. The Kier molecular flexibility index (Phi) is 5.16. The second-order valence-electron chi connectivity index (χ2n) is 5.40. The van der Waals surface area contributed by atoms with E-state index in [1.54, 1.807) is 18.2 Å². The minimum Gasteiger partial charge on any atom is -0.327 e. The van der Waals surface area contributed by atoms with Crippen LogP contribution < -0.4 is 10.6 Å². The largest absolute Gasteiger partial charge is 0.327 e. The van der Waals surface area contributed by atoms with Crippen molar-refractivity contribution in [2.45, 2.75) is 6.04 Å². The molecule has 0 spiro atoms. The Morgan fingerprint density at radius 2 is 1.32 bits per heavy atom. The lowest BCUT2D eigenvalue weighted by Crippen LogP contribution is -2.41. The molecular weight excluding hydrogens is 314 g/mol. The van der Waals surface area contributed by atoms with Crippen molar-refractivity contribution in [2.24, 2.45) is 0 Å². The number of nitrogens with one attached hydrogen (secondary N) is 2. The summed E-state index contributed by atoms with van der Waals surface area (Å²) in [5.41, 5.74) is 2.04. The Labute approximate surface area is 145 Å². The fourth-order valence-electron chi connectivity index (χ4n) is 2.48. The summed E-state index contributed by atoms with van der Waals surface area (Å²) < 4.78 is 0. The smallest absolute Gasteiger partial charge is 0.322 e. The van der Waals surface area contributed by atoms with Gasteiger partial charge < -0.3 is 5.32 Å². The Hall–Kier alpha value is -3.47. The van der Waals surface area contributed by atoms with Gasteiger partial charge in [-0.15, -0.1) is 0 Å². The number of imide groups is 1. The molecule has 0 aliphatic rings. The van der Waals surface area contributed by atoms with Crippen molar-refractivity contribution in [3.8, 4) is 0 Å². The molecule has 1 heterocycles. The van der Waals surface area contributed by atoms with Gasteiger partial charge in [0.25, 0.3) is 5.91 Å². The van der Waals surface area contributed by atoms with Gasteiger partial charge in [-0.3, -0.25) is 15.1 Å². The molecule has 0 unspecified atom stereocenters. The van der Waals surface area contributed by atoms with Crippen LogP contribution in [0.1, 0.15) is 27.7 Å². The normalized spacial score (nSPS) is 10.3. The van der Waals surface area contributed by atoms with Gasteiger partial charge >= 0.3 is 6.03 Å². The molecule has 3 rings (SSSR count). The molecule has 2 aromatic carbocycles. The number of carbonyl (C=O) groups is 2. The van der Waals surface area contributed by atoms with Crippen LogP contribution in [0.4, 0.5) is 4.79 Å². The molecule has 3 aromatic rings. The van der Waals surface area contributed by atoms with Gasteiger partial charge in [-0.25, -0.2) is 4.79 Å². The third kappa shape index (κ3) is 4.29. The fraction of sp³-hybridized carbons (Fsp3) is 0.0500. The highest BCUT2D eigenvalue weighted by Gasteiger charge is 2.18. The zero-order chi connectivity index (χ0) is 17.5. The van der Waals surface area contributed by atoms with E-state index in [-0.39, 0.29) is 11.7 Å². The first kappa shape index (κ1) is 16.4. The van der Waals surface area contributed by atoms with Gasteiger partial charge in [0.05, 0.1) is 6.04 Å². The second kappa shape index (κ2) is 7.88. The Balaban J connectivity index is 1.76. The first-order valence-electron chi connectivity index (χ1n) is 7.87. The molecule has 2 N–H and O–H groups in total. The van der Waals surface area contributed by atoms with Crippen LogP contribution in [0.3, 0.4) is 0 Å². The molecule has 5 nitrogen and oxygen atoms in total. The summed E-state index contributed by atoms with van der Waals surface area (Å²) in [5, 5.41) is 5.17. The van der Waals surface area contributed by atoms with E-state index < -0.39 is 11.9 Å². The number of carbonyl (C=O) groups excluding carboxylic acids is 2. The standard InChI is InChI=1S/C20H17N3O2/c24-19(17-13-7-8-14-21-17)23-20(25)22-18(15-9-3-1-4-10-15)16-11-5-2-6-12-16/h1-14,18H,(H2,22,23,24,25). The Bertz CT molecular complexity index is 797.